The first kappa shape index (κ1) is 19.8. The van der Waals surface area contributed by atoms with Crippen LogP contribution < -0.4 is 10.2 Å². The molecule has 140 valence electrons. The normalized spacial score (nSPS) is 11.1. The molecule has 0 atom stereocenters. The van der Waals surface area contributed by atoms with Crippen LogP contribution in [0.1, 0.15) is 19.4 Å². The van der Waals surface area contributed by atoms with Crippen molar-refractivity contribution >= 4 is 17.7 Å². The van der Waals surface area contributed by atoms with Gasteiger partial charge in [0, 0.05) is 37.8 Å². The highest BCUT2D eigenvalue weighted by Gasteiger charge is 2.21. The number of rotatable bonds is 7. The number of carbonyl (C=O) groups excluding carboxylic acids is 1. The van der Waals surface area contributed by atoms with E-state index in [0.717, 1.165) is 29.8 Å². The van der Waals surface area contributed by atoms with E-state index >= 15 is 0 Å². The highest BCUT2D eigenvalue weighted by molar-refractivity contribution is 5.97. The Balaban J connectivity index is 2.44. The Hall–Kier alpha value is -2.47. The Morgan fingerprint density at radius 2 is 1.85 bits per heavy atom. The Morgan fingerprint density at radius 1 is 1.15 bits per heavy atom. The maximum absolute atomic E-state index is 12.6. The van der Waals surface area contributed by atoms with Crippen LogP contribution in [-0.4, -0.2) is 55.0 Å². The summed E-state index contributed by atoms with van der Waals surface area (Å²) in [6, 6.07) is 8.07. The van der Waals surface area contributed by atoms with Crippen LogP contribution in [0.5, 0.6) is 0 Å². The number of aryl methyl sites for hydroxylation is 1. The molecule has 6 nitrogen and oxygen atoms in total. The van der Waals surface area contributed by atoms with Crippen molar-refractivity contribution in [2.24, 2.45) is 5.92 Å². The van der Waals surface area contributed by atoms with Crippen LogP contribution in [-0.2, 0) is 4.79 Å². The van der Waals surface area contributed by atoms with E-state index in [-0.39, 0.29) is 11.8 Å². The van der Waals surface area contributed by atoms with Crippen LogP contribution in [0.25, 0.3) is 11.1 Å². The Labute approximate surface area is 156 Å². The fourth-order valence-corrected chi connectivity index (χ4v) is 2.66. The third-order valence-electron chi connectivity index (χ3n) is 4.19. The van der Waals surface area contributed by atoms with E-state index in [0.29, 0.717) is 11.8 Å². The van der Waals surface area contributed by atoms with Gasteiger partial charge in [-0.3, -0.25) is 9.69 Å². The van der Waals surface area contributed by atoms with E-state index in [1.165, 1.54) is 0 Å². The van der Waals surface area contributed by atoms with E-state index in [4.69, 9.17) is 0 Å². The molecule has 0 bridgehead atoms. The minimum atomic E-state index is -0.107. The van der Waals surface area contributed by atoms with Crippen LogP contribution in [0.15, 0.2) is 30.5 Å². The quantitative estimate of drug-likeness (QED) is 0.827. The maximum Gasteiger partial charge on any atom is 0.230 e. The lowest BCUT2D eigenvalue weighted by Gasteiger charge is -2.22. The second-order valence-electron chi connectivity index (χ2n) is 7.03. The zero-order valence-corrected chi connectivity index (χ0v) is 16.6. The first-order valence-corrected chi connectivity index (χ1v) is 8.90. The molecular formula is C20H29N5O. The molecule has 0 spiro atoms. The number of hydrogen-bond donors (Lipinski definition) is 1. The fourth-order valence-electron chi connectivity index (χ4n) is 2.66. The summed E-state index contributed by atoms with van der Waals surface area (Å²) in [5.41, 5.74) is 3.01. The Kier molecular flexibility index (Phi) is 6.69. The highest BCUT2D eigenvalue weighted by atomic mass is 16.2. The molecule has 0 fully saturated rings. The predicted octanol–water partition coefficient (Wildman–Crippen LogP) is 3.04. The highest BCUT2D eigenvalue weighted by Crippen LogP contribution is 2.31. The average Bonchev–Trinajstić information content (AvgIpc) is 2.60. The molecule has 6 heteroatoms. The SMILES string of the molecule is Cc1ccccc1-c1cnc(NCCN(C)C)nc1N(C)C(=O)C(C)C. The van der Waals surface area contributed by atoms with Crippen molar-refractivity contribution in [1.29, 1.82) is 0 Å². The lowest BCUT2D eigenvalue weighted by atomic mass is 10.0. The van der Waals surface area contributed by atoms with Crippen molar-refractivity contribution in [3.8, 4) is 11.1 Å². The van der Waals surface area contributed by atoms with Crippen molar-refractivity contribution in [2.45, 2.75) is 20.8 Å². The molecule has 1 N–H and O–H groups in total. The summed E-state index contributed by atoms with van der Waals surface area (Å²) in [5, 5.41) is 3.23. The van der Waals surface area contributed by atoms with Gasteiger partial charge in [-0.05, 0) is 32.1 Å². The topological polar surface area (TPSA) is 61.4 Å². The van der Waals surface area contributed by atoms with Crippen molar-refractivity contribution in [2.75, 3.05) is 44.4 Å². The van der Waals surface area contributed by atoms with E-state index in [2.05, 4.69) is 20.2 Å². The summed E-state index contributed by atoms with van der Waals surface area (Å²) in [4.78, 5) is 25.4. The predicted molar refractivity (Wildman–Crippen MR) is 107 cm³/mol. The van der Waals surface area contributed by atoms with Gasteiger partial charge in [0.2, 0.25) is 11.9 Å². The molecule has 0 saturated carbocycles. The number of likely N-dealkylation sites (N-methyl/N-ethyl adjacent to an activating group) is 1. The van der Waals surface area contributed by atoms with Crippen molar-refractivity contribution in [3.05, 3.63) is 36.0 Å². The Morgan fingerprint density at radius 3 is 2.46 bits per heavy atom. The molecule has 26 heavy (non-hydrogen) atoms. The first-order chi connectivity index (χ1) is 12.3. The molecule has 0 aliphatic heterocycles. The Bertz CT molecular complexity index is 758. The molecule has 0 aliphatic rings. The van der Waals surface area contributed by atoms with Gasteiger partial charge in [0.15, 0.2) is 0 Å². The molecule has 1 aromatic carbocycles. The van der Waals surface area contributed by atoms with Crippen LogP contribution in [0.4, 0.5) is 11.8 Å². The summed E-state index contributed by atoms with van der Waals surface area (Å²) < 4.78 is 0. The van der Waals surface area contributed by atoms with E-state index in [1.54, 1.807) is 18.1 Å². The summed E-state index contributed by atoms with van der Waals surface area (Å²) in [6.07, 6.45) is 1.80. The van der Waals surface area contributed by atoms with Gasteiger partial charge in [-0.25, -0.2) is 4.98 Å². The molecule has 2 rings (SSSR count). The van der Waals surface area contributed by atoms with Gasteiger partial charge >= 0.3 is 0 Å². The number of anilines is 2. The minimum Gasteiger partial charge on any atom is -0.353 e. The average molecular weight is 355 g/mol. The van der Waals surface area contributed by atoms with Gasteiger partial charge < -0.3 is 10.2 Å². The van der Waals surface area contributed by atoms with Crippen molar-refractivity contribution in [1.82, 2.24) is 14.9 Å². The van der Waals surface area contributed by atoms with E-state index < -0.39 is 0 Å². The molecule has 0 saturated heterocycles. The van der Waals surface area contributed by atoms with Crippen molar-refractivity contribution < 1.29 is 4.79 Å². The number of benzene rings is 1. The van der Waals surface area contributed by atoms with E-state index in [9.17, 15) is 4.79 Å². The lowest BCUT2D eigenvalue weighted by molar-refractivity contribution is -0.121. The van der Waals surface area contributed by atoms with Gasteiger partial charge in [0.05, 0.1) is 0 Å². The lowest BCUT2D eigenvalue weighted by Crippen LogP contribution is -2.32. The summed E-state index contributed by atoms with van der Waals surface area (Å²) >= 11 is 0. The number of amides is 1. The van der Waals surface area contributed by atoms with Gasteiger partial charge in [-0.15, -0.1) is 0 Å². The minimum absolute atomic E-state index is 0.0257. The van der Waals surface area contributed by atoms with Gasteiger partial charge in [-0.1, -0.05) is 38.1 Å². The molecule has 0 radical (unpaired) electrons. The number of aromatic nitrogens is 2. The second-order valence-corrected chi connectivity index (χ2v) is 7.03. The molecule has 0 aliphatic carbocycles. The molecular weight excluding hydrogens is 326 g/mol. The summed E-state index contributed by atoms with van der Waals surface area (Å²) in [7, 11) is 5.81. The van der Waals surface area contributed by atoms with Gasteiger partial charge in [0.1, 0.15) is 5.82 Å². The molecule has 2 aromatic rings. The molecule has 0 unspecified atom stereocenters. The number of carbonyl (C=O) groups is 1. The summed E-state index contributed by atoms with van der Waals surface area (Å²) in [5.74, 6) is 1.07. The zero-order chi connectivity index (χ0) is 19.3. The monoisotopic (exact) mass is 355 g/mol. The fraction of sp³-hybridized carbons (Fsp3) is 0.450. The third kappa shape index (κ3) is 4.79. The third-order valence-corrected chi connectivity index (χ3v) is 4.19. The van der Waals surface area contributed by atoms with Crippen LogP contribution >= 0.6 is 0 Å². The van der Waals surface area contributed by atoms with Crippen molar-refractivity contribution in [3.63, 3.8) is 0 Å². The largest absolute Gasteiger partial charge is 0.353 e. The zero-order valence-electron chi connectivity index (χ0n) is 16.6. The van der Waals surface area contributed by atoms with Gasteiger partial charge in [0.25, 0.3) is 0 Å². The smallest absolute Gasteiger partial charge is 0.230 e. The van der Waals surface area contributed by atoms with Crippen LogP contribution in [0.2, 0.25) is 0 Å². The number of nitrogens with zero attached hydrogens (tertiary/aromatic N) is 4. The summed E-state index contributed by atoms with van der Waals surface area (Å²) in [6.45, 7) is 7.44. The number of nitrogens with one attached hydrogen (secondary N) is 1. The molecule has 1 amide bonds. The standard InChI is InChI=1S/C20H29N5O/c1-14(2)19(26)25(6)18-17(16-10-8-7-9-15(16)3)13-22-20(23-18)21-11-12-24(4)5/h7-10,13-14H,11-12H2,1-6H3,(H,21,22,23). The second kappa shape index (κ2) is 8.76. The first-order valence-electron chi connectivity index (χ1n) is 8.90. The van der Waals surface area contributed by atoms with E-state index in [1.807, 2.05) is 59.1 Å². The maximum atomic E-state index is 12.6. The van der Waals surface area contributed by atoms with Crippen LogP contribution in [0, 0.1) is 12.8 Å². The molecule has 1 heterocycles. The van der Waals surface area contributed by atoms with Gasteiger partial charge in [-0.2, -0.15) is 4.98 Å². The van der Waals surface area contributed by atoms with Crippen LogP contribution in [0.3, 0.4) is 0 Å². The molecule has 1 aromatic heterocycles. The number of hydrogen-bond acceptors (Lipinski definition) is 5.